The number of aliphatic hydroxyl groups excluding tert-OH is 1. The Morgan fingerprint density at radius 1 is 1.02 bits per heavy atom. The van der Waals surface area contributed by atoms with Gasteiger partial charge in [-0.3, -0.25) is 9.69 Å². The van der Waals surface area contributed by atoms with Gasteiger partial charge in [0.2, 0.25) is 0 Å². The van der Waals surface area contributed by atoms with Crippen molar-refractivity contribution >= 4 is 11.6 Å². The van der Waals surface area contributed by atoms with Crippen LogP contribution in [-0.2, 0) is 6.18 Å². The Bertz CT molecular complexity index is 1550. The van der Waals surface area contributed by atoms with Gasteiger partial charge in [-0.15, -0.1) is 0 Å². The monoisotopic (exact) mass is 569 g/mol. The molecule has 0 aliphatic carbocycles. The van der Waals surface area contributed by atoms with Gasteiger partial charge >= 0.3 is 6.18 Å². The van der Waals surface area contributed by atoms with E-state index >= 15 is 0 Å². The van der Waals surface area contributed by atoms with Crippen LogP contribution in [0.2, 0.25) is 0 Å². The van der Waals surface area contributed by atoms with Crippen molar-refractivity contribution < 1.29 is 32.5 Å². The van der Waals surface area contributed by atoms with E-state index in [4.69, 9.17) is 9.47 Å². The van der Waals surface area contributed by atoms with Gasteiger partial charge in [0.15, 0.2) is 11.3 Å². The Morgan fingerprint density at radius 3 is 2.32 bits per heavy atom. The highest BCUT2D eigenvalue weighted by Gasteiger charge is 2.39. The molecule has 2 aromatic heterocycles. The fraction of sp³-hybridized carbons (Fsp3) is 0.345. The lowest BCUT2D eigenvalue weighted by atomic mass is 10.0. The molecule has 9 nitrogen and oxygen atoms in total. The smallest absolute Gasteiger partial charge is 0.433 e. The molecule has 1 atom stereocenters. The predicted octanol–water partition coefficient (Wildman–Crippen LogP) is 4.23. The highest BCUT2D eigenvalue weighted by atomic mass is 19.4. The Morgan fingerprint density at radius 2 is 1.71 bits per heavy atom. The van der Waals surface area contributed by atoms with Crippen LogP contribution in [0.1, 0.15) is 33.2 Å². The summed E-state index contributed by atoms with van der Waals surface area (Å²) < 4.78 is 54.0. The Labute approximate surface area is 234 Å². The minimum atomic E-state index is -4.73. The number of fused-ring (bicyclic) bond motifs is 1. The van der Waals surface area contributed by atoms with Crippen molar-refractivity contribution in [2.75, 3.05) is 47.0 Å². The minimum absolute atomic E-state index is 0.00906. The lowest BCUT2D eigenvalue weighted by Gasteiger charge is -2.38. The Balaban J connectivity index is 1.44. The normalized spacial score (nSPS) is 15.2. The molecule has 12 heteroatoms. The molecule has 1 amide bonds. The molecule has 41 heavy (non-hydrogen) atoms. The van der Waals surface area contributed by atoms with Crippen LogP contribution in [0.15, 0.2) is 54.7 Å². The second-order valence-electron chi connectivity index (χ2n) is 9.76. The molecule has 216 valence electrons. The maximum Gasteiger partial charge on any atom is 0.433 e. The number of aromatic nitrogens is 3. The zero-order valence-electron chi connectivity index (χ0n) is 22.9. The highest BCUT2D eigenvalue weighted by Crippen LogP contribution is 2.37. The molecule has 0 bridgehead atoms. The molecule has 1 aliphatic rings. The largest absolute Gasteiger partial charge is 0.497 e. The number of nitrogens with zero attached hydrogens (tertiary/aromatic N) is 5. The van der Waals surface area contributed by atoms with Gasteiger partial charge in [0, 0.05) is 37.3 Å². The molecule has 3 heterocycles. The first-order valence-corrected chi connectivity index (χ1v) is 13.0. The quantitative estimate of drug-likeness (QED) is 0.356. The Kier molecular flexibility index (Phi) is 7.87. The van der Waals surface area contributed by atoms with E-state index in [0.29, 0.717) is 47.8 Å². The molecule has 1 aliphatic heterocycles. The van der Waals surface area contributed by atoms with Crippen molar-refractivity contribution in [1.82, 2.24) is 24.4 Å². The number of aliphatic hydroxyl groups is 1. The number of carbonyl (C=O) groups is 1. The number of benzene rings is 2. The average molecular weight is 570 g/mol. The van der Waals surface area contributed by atoms with E-state index in [1.54, 1.807) is 36.3 Å². The van der Waals surface area contributed by atoms with Crippen molar-refractivity contribution in [2.24, 2.45) is 0 Å². The average Bonchev–Trinajstić information content (AvgIpc) is 3.39. The summed E-state index contributed by atoms with van der Waals surface area (Å²) >= 11 is 0. The number of rotatable bonds is 7. The van der Waals surface area contributed by atoms with Crippen LogP contribution in [0.3, 0.4) is 0 Å². The van der Waals surface area contributed by atoms with Crippen LogP contribution in [0.25, 0.3) is 16.9 Å². The number of piperazine rings is 1. The van der Waals surface area contributed by atoms with E-state index in [2.05, 4.69) is 15.0 Å². The minimum Gasteiger partial charge on any atom is -0.497 e. The third kappa shape index (κ3) is 5.44. The lowest BCUT2D eigenvalue weighted by molar-refractivity contribution is -0.143. The van der Waals surface area contributed by atoms with E-state index in [0.717, 1.165) is 11.8 Å². The number of amides is 1. The van der Waals surface area contributed by atoms with E-state index < -0.39 is 17.8 Å². The van der Waals surface area contributed by atoms with Crippen LogP contribution < -0.4 is 9.47 Å². The molecule has 1 fully saturated rings. The van der Waals surface area contributed by atoms with Crippen LogP contribution in [0.5, 0.6) is 11.5 Å². The molecule has 2 aromatic carbocycles. The van der Waals surface area contributed by atoms with Gasteiger partial charge in [0.1, 0.15) is 17.1 Å². The molecule has 1 N–H and O–H groups in total. The molecule has 5 rings (SSSR count). The molecule has 4 aromatic rings. The zero-order chi connectivity index (χ0) is 29.3. The SMILES string of the molecule is COc1ccc(-c2nc3c(C(=O)N4CCN([C@H](CO)c5cccc(OC)c5)CC4)cnn3c(C(F)(F)F)c2C)cc1. The van der Waals surface area contributed by atoms with E-state index in [1.165, 1.54) is 14.0 Å². The first kappa shape index (κ1) is 28.4. The Hall–Kier alpha value is -4.16. The number of carbonyl (C=O) groups excluding carboxylic acids is 1. The van der Waals surface area contributed by atoms with E-state index in [1.807, 2.05) is 24.3 Å². The van der Waals surface area contributed by atoms with Crippen LogP contribution >= 0.6 is 0 Å². The first-order valence-electron chi connectivity index (χ1n) is 13.0. The molecular formula is C29H30F3N5O4. The fourth-order valence-electron chi connectivity index (χ4n) is 5.27. The predicted molar refractivity (Wildman–Crippen MR) is 145 cm³/mol. The van der Waals surface area contributed by atoms with Gasteiger partial charge in [-0.25, -0.2) is 9.50 Å². The number of halogens is 3. The van der Waals surface area contributed by atoms with Crippen molar-refractivity contribution in [2.45, 2.75) is 19.1 Å². The second kappa shape index (κ2) is 11.4. The van der Waals surface area contributed by atoms with Crippen LogP contribution in [0.4, 0.5) is 13.2 Å². The highest BCUT2D eigenvalue weighted by molar-refractivity contribution is 6.00. The van der Waals surface area contributed by atoms with Gasteiger partial charge in [0.05, 0.1) is 38.8 Å². The molecule has 0 spiro atoms. The summed E-state index contributed by atoms with van der Waals surface area (Å²) in [6.07, 6.45) is -3.58. The van der Waals surface area contributed by atoms with Gasteiger partial charge in [-0.1, -0.05) is 12.1 Å². The number of hydrogen-bond acceptors (Lipinski definition) is 7. The van der Waals surface area contributed by atoms with Crippen molar-refractivity contribution in [3.05, 3.63) is 77.1 Å². The second-order valence-corrected chi connectivity index (χ2v) is 9.76. The lowest BCUT2D eigenvalue weighted by Crippen LogP contribution is -2.50. The maximum atomic E-state index is 14.3. The molecule has 0 unspecified atom stereocenters. The fourth-order valence-corrected chi connectivity index (χ4v) is 5.27. The molecule has 1 saturated heterocycles. The summed E-state index contributed by atoms with van der Waals surface area (Å²) in [4.78, 5) is 21.8. The van der Waals surface area contributed by atoms with E-state index in [-0.39, 0.29) is 35.1 Å². The van der Waals surface area contributed by atoms with Crippen molar-refractivity contribution in [3.63, 3.8) is 0 Å². The van der Waals surface area contributed by atoms with Crippen LogP contribution in [0, 0.1) is 6.92 Å². The molecule has 0 saturated carbocycles. The van der Waals surface area contributed by atoms with Gasteiger partial charge in [0.25, 0.3) is 5.91 Å². The molecular weight excluding hydrogens is 539 g/mol. The number of alkyl halides is 3. The third-order valence-corrected chi connectivity index (χ3v) is 7.44. The summed E-state index contributed by atoms with van der Waals surface area (Å²) in [6.45, 7) is 2.79. The summed E-state index contributed by atoms with van der Waals surface area (Å²) in [6, 6.07) is 13.7. The third-order valence-electron chi connectivity index (χ3n) is 7.44. The van der Waals surface area contributed by atoms with Gasteiger partial charge in [-0.2, -0.15) is 18.3 Å². The topological polar surface area (TPSA) is 92.4 Å². The summed E-state index contributed by atoms with van der Waals surface area (Å²) in [5.74, 6) is 0.780. The van der Waals surface area contributed by atoms with E-state index in [9.17, 15) is 23.1 Å². The summed E-state index contributed by atoms with van der Waals surface area (Å²) in [5.41, 5.74) is 0.198. The zero-order valence-corrected chi connectivity index (χ0v) is 22.9. The number of ether oxygens (including phenoxy) is 2. The summed E-state index contributed by atoms with van der Waals surface area (Å²) in [5, 5.41) is 14.1. The standard InChI is InChI=1S/C29H30F3N5O4/c1-18-25(19-7-9-21(40-2)10-8-19)34-27-23(16-33-37(27)26(18)29(30,31)32)28(39)36-13-11-35(12-14-36)24(17-38)20-5-4-6-22(15-20)41-3/h4-10,15-16,24,38H,11-14,17H2,1-3H3/t24-/m1/s1. The van der Waals surface area contributed by atoms with Gasteiger partial charge < -0.3 is 19.5 Å². The van der Waals surface area contributed by atoms with Crippen LogP contribution in [-0.4, -0.2) is 82.4 Å². The number of methoxy groups -OCH3 is 2. The van der Waals surface area contributed by atoms with Gasteiger partial charge in [-0.05, 0) is 48.9 Å². The van der Waals surface area contributed by atoms with Crippen molar-refractivity contribution in [1.29, 1.82) is 0 Å². The first-order chi connectivity index (χ1) is 19.7. The molecule has 0 radical (unpaired) electrons. The summed E-state index contributed by atoms with van der Waals surface area (Å²) in [7, 11) is 3.07. The maximum absolute atomic E-state index is 14.3. The van der Waals surface area contributed by atoms with Crippen molar-refractivity contribution in [3.8, 4) is 22.8 Å². The number of hydrogen-bond donors (Lipinski definition) is 1.